The van der Waals surface area contributed by atoms with Crippen LogP contribution in [0.5, 0.6) is 11.5 Å². The van der Waals surface area contributed by atoms with Gasteiger partial charge in [0.1, 0.15) is 17.1 Å². The lowest BCUT2D eigenvalue weighted by Gasteiger charge is -2.17. The van der Waals surface area contributed by atoms with E-state index in [1.165, 1.54) is 7.11 Å². The van der Waals surface area contributed by atoms with Crippen LogP contribution in [0.15, 0.2) is 30.3 Å². The van der Waals surface area contributed by atoms with Gasteiger partial charge in [0.2, 0.25) is 0 Å². The highest BCUT2D eigenvalue weighted by Gasteiger charge is 2.23. The van der Waals surface area contributed by atoms with Gasteiger partial charge in [0.15, 0.2) is 0 Å². The molecule has 2 rings (SSSR count). The summed E-state index contributed by atoms with van der Waals surface area (Å²) in [5.74, 6) is 0.0571. The van der Waals surface area contributed by atoms with Crippen LogP contribution in [-0.4, -0.2) is 25.3 Å². The average molecular weight is 314 g/mol. The highest BCUT2D eigenvalue weighted by atomic mass is 16.5. The number of carbonyl (C=O) groups is 1. The number of rotatable bonds is 5. The zero-order valence-electron chi connectivity index (χ0n) is 14.0. The maximum Gasteiger partial charge on any atom is 0.342 e. The first-order valence-electron chi connectivity index (χ1n) is 7.62. The summed E-state index contributed by atoms with van der Waals surface area (Å²) in [5, 5.41) is 10.6. The van der Waals surface area contributed by atoms with Gasteiger partial charge in [-0.25, -0.2) is 4.79 Å². The van der Waals surface area contributed by atoms with Crippen molar-refractivity contribution in [2.45, 2.75) is 26.7 Å². The molecule has 0 saturated carbocycles. The van der Waals surface area contributed by atoms with Gasteiger partial charge in [-0.2, -0.15) is 0 Å². The fourth-order valence-corrected chi connectivity index (χ4v) is 2.74. The minimum atomic E-state index is -0.561. The van der Waals surface area contributed by atoms with Crippen LogP contribution in [0.2, 0.25) is 0 Å². The SMILES string of the molecule is CCCc1cc(-c2ccccc2OC)c(C(=O)OC)c(O)c1C. The molecule has 0 unspecified atom stereocenters. The summed E-state index contributed by atoms with van der Waals surface area (Å²) in [7, 11) is 2.89. The molecule has 4 nitrogen and oxygen atoms in total. The van der Waals surface area contributed by atoms with Crippen molar-refractivity contribution >= 4 is 5.97 Å². The third-order valence-electron chi connectivity index (χ3n) is 3.97. The van der Waals surface area contributed by atoms with E-state index in [1.54, 1.807) is 7.11 Å². The van der Waals surface area contributed by atoms with E-state index >= 15 is 0 Å². The maximum absolute atomic E-state index is 12.2. The Morgan fingerprint density at radius 1 is 1.17 bits per heavy atom. The molecule has 23 heavy (non-hydrogen) atoms. The van der Waals surface area contributed by atoms with Crippen molar-refractivity contribution in [3.05, 3.63) is 47.0 Å². The van der Waals surface area contributed by atoms with E-state index in [9.17, 15) is 9.90 Å². The van der Waals surface area contributed by atoms with E-state index in [0.717, 1.165) is 24.0 Å². The molecule has 0 saturated heterocycles. The summed E-state index contributed by atoms with van der Waals surface area (Å²) in [4.78, 5) is 12.2. The monoisotopic (exact) mass is 314 g/mol. The Morgan fingerprint density at radius 2 is 1.87 bits per heavy atom. The summed E-state index contributed by atoms with van der Waals surface area (Å²) in [6.45, 7) is 3.90. The minimum Gasteiger partial charge on any atom is -0.507 e. The standard InChI is InChI=1S/C19H22O4/c1-5-8-13-11-15(14-9-6-7-10-16(14)22-3)17(19(21)23-4)18(20)12(13)2/h6-7,9-11,20H,5,8H2,1-4H3. The van der Waals surface area contributed by atoms with E-state index in [-0.39, 0.29) is 11.3 Å². The molecule has 0 radical (unpaired) electrons. The molecule has 0 bridgehead atoms. The van der Waals surface area contributed by atoms with Gasteiger partial charge in [0.25, 0.3) is 0 Å². The molecule has 0 aliphatic carbocycles. The fourth-order valence-electron chi connectivity index (χ4n) is 2.74. The number of esters is 1. The van der Waals surface area contributed by atoms with Crippen molar-refractivity contribution in [2.75, 3.05) is 14.2 Å². The van der Waals surface area contributed by atoms with Crippen LogP contribution in [0.4, 0.5) is 0 Å². The molecule has 0 aliphatic heterocycles. The first-order chi connectivity index (χ1) is 11.0. The molecule has 0 fully saturated rings. The normalized spacial score (nSPS) is 10.4. The Hall–Kier alpha value is -2.49. The van der Waals surface area contributed by atoms with Crippen molar-refractivity contribution in [1.82, 2.24) is 0 Å². The Kier molecular flexibility index (Phi) is 5.27. The summed E-state index contributed by atoms with van der Waals surface area (Å²) < 4.78 is 10.3. The summed E-state index contributed by atoms with van der Waals surface area (Å²) in [6, 6.07) is 9.37. The number of carbonyl (C=O) groups excluding carboxylic acids is 1. The van der Waals surface area contributed by atoms with Crippen LogP contribution in [0.1, 0.15) is 34.8 Å². The molecule has 0 spiro atoms. The summed E-state index contributed by atoms with van der Waals surface area (Å²) >= 11 is 0. The van der Waals surface area contributed by atoms with Gasteiger partial charge >= 0.3 is 5.97 Å². The van der Waals surface area contributed by atoms with Crippen molar-refractivity contribution in [2.24, 2.45) is 0 Å². The summed E-state index contributed by atoms with van der Waals surface area (Å²) in [5.41, 5.74) is 3.28. The molecule has 2 aromatic rings. The number of para-hydroxylation sites is 1. The molecule has 0 aromatic heterocycles. The van der Waals surface area contributed by atoms with E-state index < -0.39 is 5.97 Å². The van der Waals surface area contributed by atoms with Crippen LogP contribution in [0.3, 0.4) is 0 Å². The van der Waals surface area contributed by atoms with Crippen molar-refractivity contribution in [1.29, 1.82) is 0 Å². The van der Waals surface area contributed by atoms with Gasteiger partial charge in [0, 0.05) is 11.1 Å². The molecule has 4 heteroatoms. The number of phenolic OH excluding ortho intramolecular Hbond substituents is 1. The number of phenols is 1. The number of hydrogen-bond donors (Lipinski definition) is 1. The predicted molar refractivity (Wildman–Crippen MR) is 90.2 cm³/mol. The molecule has 122 valence electrons. The van der Waals surface area contributed by atoms with E-state index in [2.05, 4.69) is 6.92 Å². The Morgan fingerprint density at radius 3 is 2.48 bits per heavy atom. The number of aromatic hydroxyl groups is 1. The van der Waals surface area contributed by atoms with Gasteiger partial charge in [-0.1, -0.05) is 31.5 Å². The molecule has 1 N–H and O–H groups in total. The topological polar surface area (TPSA) is 55.8 Å². The van der Waals surface area contributed by atoms with Crippen LogP contribution >= 0.6 is 0 Å². The fraction of sp³-hybridized carbons (Fsp3) is 0.316. The Balaban J connectivity index is 2.81. The van der Waals surface area contributed by atoms with E-state index in [1.807, 2.05) is 37.3 Å². The predicted octanol–water partition coefficient (Wildman–Crippen LogP) is 4.12. The third-order valence-corrected chi connectivity index (χ3v) is 3.97. The van der Waals surface area contributed by atoms with Gasteiger partial charge in [-0.15, -0.1) is 0 Å². The van der Waals surface area contributed by atoms with Gasteiger partial charge < -0.3 is 14.6 Å². The highest BCUT2D eigenvalue weighted by Crippen LogP contribution is 2.39. The van der Waals surface area contributed by atoms with E-state index in [4.69, 9.17) is 9.47 Å². The second kappa shape index (κ2) is 7.18. The van der Waals surface area contributed by atoms with Crippen LogP contribution in [0, 0.1) is 6.92 Å². The largest absolute Gasteiger partial charge is 0.507 e. The molecule has 2 aromatic carbocycles. The molecule has 0 heterocycles. The Labute approximate surface area is 136 Å². The molecular formula is C19H22O4. The lowest BCUT2D eigenvalue weighted by molar-refractivity contribution is 0.0598. The first kappa shape index (κ1) is 16.9. The van der Waals surface area contributed by atoms with E-state index in [0.29, 0.717) is 16.9 Å². The van der Waals surface area contributed by atoms with Crippen molar-refractivity contribution in [3.8, 4) is 22.6 Å². The zero-order chi connectivity index (χ0) is 17.0. The van der Waals surface area contributed by atoms with Gasteiger partial charge in [0.05, 0.1) is 14.2 Å². The number of hydrogen-bond acceptors (Lipinski definition) is 4. The highest BCUT2D eigenvalue weighted by molar-refractivity contribution is 6.01. The lowest BCUT2D eigenvalue weighted by atomic mass is 9.91. The van der Waals surface area contributed by atoms with Crippen LogP contribution in [-0.2, 0) is 11.2 Å². The molecule has 0 amide bonds. The first-order valence-corrected chi connectivity index (χ1v) is 7.62. The average Bonchev–Trinajstić information content (AvgIpc) is 2.58. The second-order valence-electron chi connectivity index (χ2n) is 5.37. The minimum absolute atomic E-state index is 0.0243. The zero-order valence-corrected chi connectivity index (χ0v) is 14.0. The van der Waals surface area contributed by atoms with Gasteiger partial charge in [-0.3, -0.25) is 0 Å². The summed E-state index contributed by atoms with van der Waals surface area (Å²) in [6.07, 6.45) is 1.77. The third kappa shape index (κ3) is 3.16. The quantitative estimate of drug-likeness (QED) is 0.844. The lowest BCUT2D eigenvalue weighted by Crippen LogP contribution is -2.07. The second-order valence-corrected chi connectivity index (χ2v) is 5.37. The number of benzene rings is 2. The number of methoxy groups -OCH3 is 2. The maximum atomic E-state index is 12.2. The smallest absolute Gasteiger partial charge is 0.342 e. The molecule has 0 aliphatic rings. The molecule has 0 atom stereocenters. The molecular weight excluding hydrogens is 292 g/mol. The van der Waals surface area contributed by atoms with Crippen molar-refractivity contribution in [3.63, 3.8) is 0 Å². The van der Waals surface area contributed by atoms with Crippen LogP contribution in [0.25, 0.3) is 11.1 Å². The van der Waals surface area contributed by atoms with Gasteiger partial charge in [-0.05, 0) is 36.6 Å². The number of ether oxygens (including phenoxy) is 2. The Bertz CT molecular complexity index is 720. The number of aryl methyl sites for hydroxylation is 1. The van der Waals surface area contributed by atoms with Crippen molar-refractivity contribution < 1.29 is 19.4 Å². The van der Waals surface area contributed by atoms with Crippen LogP contribution < -0.4 is 4.74 Å².